The predicted molar refractivity (Wildman–Crippen MR) is 152 cm³/mol. The van der Waals surface area contributed by atoms with Crippen LogP contribution < -0.4 is 15.4 Å². The molecule has 5 aromatic rings. The Morgan fingerprint density at radius 3 is 2.79 bits per heavy atom. The van der Waals surface area contributed by atoms with Crippen LogP contribution in [-0.2, 0) is 23.0 Å². The maximum Gasteiger partial charge on any atom is 0.151 e. The number of fused-ring (bicyclic) bond motifs is 1. The molecule has 2 N–H and O–H groups in total. The van der Waals surface area contributed by atoms with Gasteiger partial charge in [0.1, 0.15) is 40.1 Å². The molecule has 39 heavy (non-hydrogen) atoms. The number of furan rings is 1. The summed E-state index contributed by atoms with van der Waals surface area (Å²) in [6.07, 6.45) is 4.37. The minimum absolute atomic E-state index is 0.0706. The lowest BCUT2D eigenvalue weighted by Crippen LogP contribution is -2.21. The third kappa shape index (κ3) is 7.12. The van der Waals surface area contributed by atoms with E-state index in [-0.39, 0.29) is 18.2 Å². The summed E-state index contributed by atoms with van der Waals surface area (Å²) in [5.74, 6) is 1.57. The third-order valence-corrected chi connectivity index (χ3v) is 8.10. The summed E-state index contributed by atoms with van der Waals surface area (Å²) in [6.45, 7) is 0.976. The molecule has 0 radical (unpaired) electrons. The van der Waals surface area contributed by atoms with Gasteiger partial charge in [0.15, 0.2) is 5.82 Å². The van der Waals surface area contributed by atoms with E-state index in [9.17, 15) is 12.8 Å². The monoisotopic (exact) mass is 586 g/mol. The van der Waals surface area contributed by atoms with Gasteiger partial charge in [-0.15, -0.1) is 11.3 Å². The lowest BCUT2D eigenvalue weighted by atomic mass is 10.2. The van der Waals surface area contributed by atoms with E-state index < -0.39 is 9.84 Å². The molecule has 0 aliphatic rings. The van der Waals surface area contributed by atoms with Crippen LogP contribution in [0.15, 0.2) is 71.6 Å². The van der Waals surface area contributed by atoms with Crippen LogP contribution in [0.2, 0.25) is 5.02 Å². The number of anilines is 2. The Morgan fingerprint density at radius 2 is 2.00 bits per heavy atom. The predicted octanol–water partition coefficient (Wildman–Crippen LogP) is 6.20. The van der Waals surface area contributed by atoms with E-state index >= 15 is 0 Å². The van der Waals surface area contributed by atoms with E-state index in [1.165, 1.54) is 36.1 Å². The third-order valence-electron chi connectivity index (χ3n) is 5.68. The maximum absolute atomic E-state index is 13.4. The van der Waals surface area contributed by atoms with Gasteiger partial charge < -0.3 is 19.8 Å². The van der Waals surface area contributed by atoms with Crippen LogP contribution in [0.4, 0.5) is 15.9 Å². The first kappa shape index (κ1) is 27.1. The molecule has 2 aromatic carbocycles. The van der Waals surface area contributed by atoms with E-state index in [1.807, 2.05) is 18.2 Å². The van der Waals surface area contributed by atoms with Crippen molar-refractivity contribution in [1.29, 1.82) is 0 Å². The highest BCUT2D eigenvalue weighted by atomic mass is 35.5. The number of benzene rings is 2. The Bertz CT molecular complexity index is 1720. The van der Waals surface area contributed by atoms with Crippen molar-refractivity contribution in [3.05, 3.63) is 89.4 Å². The summed E-state index contributed by atoms with van der Waals surface area (Å²) in [4.78, 5) is 9.77. The first-order chi connectivity index (χ1) is 18.7. The molecular formula is C27H24ClFN4O4S2. The number of hydrogen-bond acceptors (Lipinski definition) is 9. The molecule has 0 fully saturated rings. The lowest BCUT2D eigenvalue weighted by molar-refractivity contribution is 0.306. The van der Waals surface area contributed by atoms with Gasteiger partial charge >= 0.3 is 0 Å². The summed E-state index contributed by atoms with van der Waals surface area (Å²) in [6, 6.07) is 15.4. The number of rotatable bonds is 11. The van der Waals surface area contributed by atoms with Gasteiger partial charge in [-0.25, -0.2) is 22.8 Å². The summed E-state index contributed by atoms with van der Waals surface area (Å²) in [5, 5.41) is 6.78. The molecule has 0 saturated carbocycles. The van der Waals surface area contributed by atoms with Crippen LogP contribution in [0.5, 0.6) is 5.75 Å². The van der Waals surface area contributed by atoms with Gasteiger partial charge in [0.25, 0.3) is 0 Å². The van der Waals surface area contributed by atoms with Crippen molar-refractivity contribution < 1.29 is 22.0 Å². The average molecular weight is 587 g/mol. The number of nitrogens with zero attached hydrogens (tertiary/aromatic N) is 2. The molecule has 0 aliphatic heterocycles. The van der Waals surface area contributed by atoms with Crippen molar-refractivity contribution in [3.8, 4) is 16.2 Å². The highest BCUT2D eigenvalue weighted by molar-refractivity contribution is 7.90. The fourth-order valence-electron chi connectivity index (χ4n) is 3.78. The fourth-order valence-corrected chi connectivity index (χ4v) is 5.56. The smallest absolute Gasteiger partial charge is 0.151 e. The Kier molecular flexibility index (Phi) is 8.12. The van der Waals surface area contributed by atoms with Crippen molar-refractivity contribution in [3.63, 3.8) is 0 Å². The molecule has 0 aliphatic carbocycles. The second-order valence-corrected chi connectivity index (χ2v) is 12.6. The topological polar surface area (TPSA) is 106 Å². The van der Waals surface area contributed by atoms with Crippen molar-refractivity contribution in [2.75, 3.05) is 23.9 Å². The molecule has 0 saturated heterocycles. The van der Waals surface area contributed by atoms with Crippen molar-refractivity contribution in [2.45, 2.75) is 13.2 Å². The second-order valence-electron chi connectivity index (χ2n) is 8.84. The Balaban J connectivity index is 1.26. The largest absolute Gasteiger partial charge is 0.487 e. The minimum atomic E-state index is -3.01. The second kappa shape index (κ2) is 11.7. The van der Waals surface area contributed by atoms with E-state index in [1.54, 1.807) is 30.5 Å². The summed E-state index contributed by atoms with van der Waals surface area (Å²) >= 11 is 7.97. The Morgan fingerprint density at radius 1 is 1.13 bits per heavy atom. The first-order valence-electron chi connectivity index (χ1n) is 11.9. The highest BCUT2D eigenvalue weighted by Crippen LogP contribution is 2.38. The molecule has 0 spiro atoms. The molecule has 3 aromatic heterocycles. The maximum atomic E-state index is 13.4. The molecule has 0 amide bonds. The van der Waals surface area contributed by atoms with Crippen molar-refractivity contribution in [1.82, 2.24) is 15.3 Å². The van der Waals surface area contributed by atoms with Gasteiger partial charge in [-0.2, -0.15) is 0 Å². The number of hydrogen-bond donors (Lipinski definition) is 2. The lowest BCUT2D eigenvalue weighted by Gasteiger charge is -2.11. The molecule has 202 valence electrons. The number of nitrogens with one attached hydrogen (secondary N) is 2. The minimum Gasteiger partial charge on any atom is -0.487 e. The van der Waals surface area contributed by atoms with E-state index in [2.05, 4.69) is 20.6 Å². The Labute approximate surface area is 233 Å². The highest BCUT2D eigenvalue weighted by Gasteiger charge is 2.14. The van der Waals surface area contributed by atoms with Crippen LogP contribution in [0.25, 0.3) is 20.7 Å². The average Bonchev–Trinajstić information content (AvgIpc) is 3.53. The van der Waals surface area contributed by atoms with E-state index in [0.717, 1.165) is 26.3 Å². The van der Waals surface area contributed by atoms with Gasteiger partial charge in [0, 0.05) is 28.9 Å². The van der Waals surface area contributed by atoms with Crippen LogP contribution in [-0.4, -0.2) is 36.9 Å². The molecule has 0 unspecified atom stereocenters. The number of halogens is 2. The molecule has 3 heterocycles. The van der Waals surface area contributed by atoms with Crippen LogP contribution in [0, 0.1) is 5.82 Å². The van der Waals surface area contributed by atoms with Crippen LogP contribution >= 0.6 is 22.9 Å². The van der Waals surface area contributed by atoms with Gasteiger partial charge in [-0.1, -0.05) is 23.7 Å². The molecule has 12 heteroatoms. The summed E-state index contributed by atoms with van der Waals surface area (Å²) in [7, 11) is -3.01. The zero-order valence-electron chi connectivity index (χ0n) is 20.8. The molecule has 8 nitrogen and oxygen atoms in total. The van der Waals surface area contributed by atoms with Gasteiger partial charge in [-0.3, -0.25) is 0 Å². The fraction of sp³-hybridized carbons (Fsp3) is 0.185. The molecule has 0 bridgehead atoms. The normalized spacial score (nSPS) is 11.7. The molecule has 5 rings (SSSR count). The van der Waals surface area contributed by atoms with Crippen molar-refractivity contribution in [2.24, 2.45) is 0 Å². The van der Waals surface area contributed by atoms with E-state index in [4.69, 9.17) is 20.8 Å². The zero-order valence-corrected chi connectivity index (χ0v) is 23.2. The van der Waals surface area contributed by atoms with Crippen LogP contribution in [0.1, 0.15) is 11.3 Å². The standard InChI is InChI=1S/C27H24ClFN4O4S2/c1-39(34,35)8-7-30-13-21-10-18(15-36-21)25-12-23-26(38-25)27(32-16-31-23)33-20-5-6-24(22(28)11-20)37-14-17-3-2-4-19(29)9-17/h2-6,9-12,15-16,30H,7-8,13-14H2,1H3,(H,31,32,33). The number of aromatic nitrogens is 2. The zero-order chi connectivity index (χ0) is 27.4. The van der Waals surface area contributed by atoms with E-state index in [0.29, 0.717) is 41.0 Å². The summed E-state index contributed by atoms with van der Waals surface area (Å²) < 4.78 is 48.2. The van der Waals surface area contributed by atoms with Crippen molar-refractivity contribution >= 4 is 54.5 Å². The quantitative estimate of drug-likeness (QED) is 0.176. The molecule has 0 atom stereocenters. The molecular weight excluding hydrogens is 563 g/mol. The van der Waals surface area contributed by atoms with Crippen LogP contribution in [0.3, 0.4) is 0 Å². The first-order valence-corrected chi connectivity index (χ1v) is 15.1. The van der Waals surface area contributed by atoms with Gasteiger partial charge in [-0.05, 0) is 48.0 Å². The number of ether oxygens (including phenoxy) is 1. The number of thiophene rings is 1. The number of sulfone groups is 1. The Hall–Kier alpha value is -3.51. The summed E-state index contributed by atoms with van der Waals surface area (Å²) in [5.41, 5.74) is 3.10. The van der Waals surface area contributed by atoms with Gasteiger partial charge in [0.05, 0.1) is 33.8 Å². The van der Waals surface area contributed by atoms with Gasteiger partial charge in [0.2, 0.25) is 0 Å². The SMILES string of the molecule is CS(=O)(=O)CCNCc1cc(-c2cc3ncnc(Nc4ccc(OCc5cccc(F)c5)c(Cl)c4)c3s2)co1.